The maximum absolute atomic E-state index is 15.8. The second kappa shape index (κ2) is 9.81. The number of fused-ring (bicyclic) bond motifs is 1. The quantitative estimate of drug-likeness (QED) is 0.289. The minimum atomic E-state index is -1.78. The molecule has 178 valence electrons. The molecule has 0 aliphatic carbocycles. The number of hydrogen-bond acceptors (Lipinski definition) is 7. The molecule has 1 aliphatic heterocycles. The highest BCUT2D eigenvalue weighted by molar-refractivity contribution is 6.33. The second-order valence-corrected chi connectivity index (χ2v) is 8.19. The molecular formula is C25H19ClFN3O5. The van der Waals surface area contributed by atoms with Crippen molar-refractivity contribution in [1.82, 2.24) is 14.5 Å². The highest BCUT2D eigenvalue weighted by Crippen LogP contribution is 2.37. The van der Waals surface area contributed by atoms with Gasteiger partial charge in [0.25, 0.3) is 0 Å². The maximum atomic E-state index is 15.8. The van der Waals surface area contributed by atoms with E-state index in [1.165, 1.54) is 10.9 Å². The molecular weight excluding hydrogens is 477 g/mol. The minimum Gasteiger partial charge on any atom is -0.459 e. The lowest BCUT2D eigenvalue weighted by molar-refractivity contribution is -0.0568. The van der Waals surface area contributed by atoms with Gasteiger partial charge in [0.15, 0.2) is 18.5 Å². The number of alkyl halides is 1. The molecule has 1 fully saturated rings. The molecule has 0 radical (unpaired) electrons. The summed E-state index contributed by atoms with van der Waals surface area (Å²) >= 11 is 6.12. The summed E-state index contributed by atoms with van der Waals surface area (Å²) in [6.45, 7) is -0.327. The van der Waals surface area contributed by atoms with Crippen LogP contribution in [-0.2, 0) is 14.2 Å². The Labute approximate surface area is 204 Å². The van der Waals surface area contributed by atoms with Gasteiger partial charge < -0.3 is 18.8 Å². The van der Waals surface area contributed by atoms with Crippen molar-refractivity contribution in [3.63, 3.8) is 0 Å². The fourth-order valence-electron chi connectivity index (χ4n) is 3.92. The average molecular weight is 496 g/mol. The summed E-state index contributed by atoms with van der Waals surface area (Å²) in [5.41, 5.74) is 0.946. The second-order valence-electron chi connectivity index (χ2n) is 7.83. The van der Waals surface area contributed by atoms with Crippen molar-refractivity contribution in [3.8, 4) is 0 Å². The van der Waals surface area contributed by atoms with Crippen molar-refractivity contribution >= 4 is 34.6 Å². The molecule has 5 rings (SSSR count). The lowest BCUT2D eigenvalue weighted by Crippen LogP contribution is -2.37. The van der Waals surface area contributed by atoms with Gasteiger partial charge in [0.05, 0.1) is 16.5 Å². The molecule has 3 heterocycles. The lowest BCUT2D eigenvalue weighted by Gasteiger charge is -2.19. The highest BCUT2D eigenvalue weighted by Gasteiger charge is 2.49. The van der Waals surface area contributed by atoms with Crippen LogP contribution in [-0.4, -0.2) is 51.5 Å². The predicted molar refractivity (Wildman–Crippen MR) is 124 cm³/mol. The van der Waals surface area contributed by atoms with Crippen LogP contribution in [0.25, 0.3) is 11.0 Å². The smallest absolute Gasteiger partial charge is 0.338 e. The molecule has 0 N–H and O–H groups in total. The largest absolute Gasteiger partial charge is 0.459 e. The van der Waals surface area contributed by atoms with Gasteiger partial charge in [-0.05, 0) is 30.3 Å². The number of esters is 2. The summed E-state index contributed by atoms with van der Waals surface area (Å²) < 4.78 is 34.1. The van der Waals surface area contributed by atoms with E-state index in [9.17, 15) is 9.59 Å². The van der Waals surface area contributed by atoms with E-state index in [0.29, 0.717) is 16.6 Å². The molecule has 2 aromatic carbocycles. The topological polar surface area (TPSA) is 92.5 Å². The zero-order valence-corrected chi connectivity index (χ0v) is 18.9. The lowest BCUT2D eigenvalue weighted by atomic mass is 10.1. The molecule has 0 bridgehead atoms. The number of carbonyl (C=O) groups excluding carboxylic acids is 2. The number of nitrogens with zero attached hydrogens (tertiary/aromatic N) is 3. The maximum Gasteiger partial charge on any atom is 0.338 e. The Kier molecular flexibility index (Phi) is 6.43. The van der Waals surface area contributed by atoms with Crippen LogP contribution in [0.2, 0.25) is 5.15 Å². The molecule has 4 aromatic rings. The standard InChI is InChI=1S/C25H19ClFN3O5/c26-21-17-11-12-30(22(17)29-14-28-21)23-19(27)20(35-25(32)16-9-5-2-6-10-16)18(34-23)13-33-24(31)15-7-3-1-4-8-15/h1-12,14,18-20,23H,13H2/t18-,19+,20-,23-/m1/s1. The first-order chi connectivity index (χ1) is 17.0. The molecule has 0 amide bonds. The van der Waals surface area contributed by atoms with Crippen LogP contribution < -0.4 is 0 Å². The van der Waals surface area contributed by atoms with Crippen molar-refractivity contribution in [2.45, 2.75) is 24.6 Å². The minimum absolute atomic E-state index is 0.211. The van der Waals surface area contributed by atoms with Crippen LogP contribution in [0.15, 0.2) is 79.3 Å². The number of halogens is 2. The molecule has 4 atom stereocenters. The fraction of sp³-hybridized carbons (Fsp3) is 0.200. The van der Waals surface area contributed by atoms with Crippen molar-refractivity contribution in [1.29, 1.82) is 0 Å². The van der Waals surface area contributed by atoms with E-state index in [1.54, 1.807) is 72.9 Å². The van der Waals surface area contributed by atoms with E-state index in [1.807, 2.05) is 0 Å². The van der Waals surface area contributed by atoms with Gasteiger partial charge in [-0.15, -0.1) is 0 Å². The van der Waals surface area contributed by atoms with Gasteiger partial charge >= 0.3 is 11.9 Å². The van der Waals surface area contributed by atoms with Crippen LogP contribution >= 0.6 is 11.6 Å². The van der Waals surface area contributed by atoms with Gasteiger partial charge in [0.1, 0.15) is 29.8 Å². The first kappa shape index (κ1) is 22.9. The number of aromatic nitrogens is 3. The predicted octanol–water partition coefficient (Wildman–Crippen LogP) is 4.40. The van der Waals surface area contributed by atoms with E-state index < -0.39 is 36.5 Å². The summed E-state index contributed by atoms with van der Waals surface area (Å²) in [7, 11) is 0. The van der Waals surface area contributed by atoms with Crippen molar-refractivity contribution in [2.75, 3.05) is 6.61 Å². The third-order valence-electron chi connectivity index (χ3n) is 5.64. The number of carbonyl (C=O) groups is 2. The summed E-state index contributed by atoms with van der Waals surface area (Å²) in [6.07, 6.45) is -2.57. The van der Waals surface area contributed by atoms with Crippen molar-refractivity contribution < 1.29 is 28.2 Å². The highest BCUT2D eigenvalue weighted by atomic mass is 35.5. The van der Waals surface area contributed by atoms with Gasteiger partial charge in [0, 0.05) is 6.20 Å². The van der Waals surface area contributed by atoms with E-state index in [2.05, 4.69) is 9.97 Å². The molecule has 8 nitrogen and oxygen atoms in total. The number of ether oxygens (including phenoxy) is 3. The Balaban J connectivity index is 1.40. The van der Waals surface area contributed by atoms with Gasteiger partial charge in [-0.2, -0.15) is 0 Å². The normalized spacial score (nSPS) is 21.7. The summed E-state index contributed by atoms with van der Waals surface area (Å²) in [5.74, 6) is -1.32. The van der Waals surface area contributed by atoms with Crippen LogP contribution in [0.5, 0.6) is 0 Å². The van der Waals surface area contributed by atoms with Gasteiger partial charge in [-0.3, -0.25) is 0 Å². The summed E-state index contributed by atoms with van der Waals surface area (Å²) in [6, 6.07) is 18.2. The Morgan fingerprint density at radius 1 is 0.971 bits per heavy atom. The van der Waals surface area contributed by atoms with E-state index in [4.69, 9.17) is 25.8 Å². The Bertz CT molecular complexity index is 1350. The van der Waals surface area contributed by atoms with E-state index >= 15 is 4.39 Å². The SMILES string of the molecule is O=C(OC[C@H]1O[C@@H](n2ccc3c(Cl)ncnc32)[C@@H](F)[C@@H]1OC(=O)c1ccccc1)c1ccccc1. The van der Waals surface area contributed by atoms with E-state index in [0.717, 1.165) is 0 Å². The summed E-state index contributed by atoms with van der Waals surface area (Å²) in [5, 5.41) is 0.726. The molecule has 0 unspecified atom stereocenters. The van der Waals surface area contributed by atoms with Crippen LogP contribution in [0.3, 0.4) is 0 Å². The molecule has 10 heteroatoms. The van der Waals surface area contributed by atoms with Gasteiger partial charge in [0.2, 0.25) is 0 Å². The fourth-order valence-corrected chi connectivity index (χ4v) is 4.11. The Hall–Kier alpha value is -3.82. The molecule has 35 heavy (non-hydrogen) atoms. The summed E-state index contributed by atoms with van der Waals surface area (Å²) in [4.78, 5) is 33.3. The van der Waals surface area contributed by atoms with Crippen LogP contribution in [0.4, 0.5) is 4.39 Å². The average Bonchev–Trinajstić information content (AvgIpc) is 3.45. The van der Waals surface area contributed by atoms with Crippen molar-refractivity contribution in [2.24, 2.45) is 0 Å². The van der Waals surface area contributed by atoms with Crippen molar-refractivity contribution in [3.05, 3.63) is 95.5 Å². The first-order valence-electron chi connectivity index (χ1n) is 10.8. The third-order valence-corrected chi connectivity index (χ3v) is 5.94. The molecule has 0 spiro atoms. The van der Waals surface area contributed by atoms with Crippen LogP contribution in [0, 0.1) is 0 Å². The van der Waals surface area contributed by atoms with Gasteiger partial charge in [-0.1, -0.05) is 48.0 Å². The Morgan fingerprint density at radius 3 is 2.31 bits per heavy atom. The van der Waals surface area contributed by atoms with Crippen LogP contribution in [0.1, 0.15) is 26.9 Å². The van der Waals surface area contributed by atoms with Gasteiger partial charge in [-0.25, -0.2) is 23.9 Å². The molecule has 1 saturated heterocycles. The molecule has 0 saturated carbocycles. The number of rotatable bonds is 6. The zero-order valence-electron chi connectivity index (χ0n) is 18.2. The van der Waals surface area contributed by atoms with E-state index in [-0.39, 0.29) is 17.3 Å². The molecule has 1 aliphatic rings. The zero-order chi connectivity index (χ0) is 24.4. The monoisotopic (exact) mass is 495 g/mol. The third kappa shape index (κ3) is 4.60. The number of hydrogen-bond donors (Lipinski definition) is 0. The number of benzene rings is 2. The molecule has 2 aromatic heterocycles. The first-order valence-corrected chi connectivity index (χ1v) is 11.2. The Morgan fingerprint density at radius 2 is 1.63 bits per heavy atom.